The molecule has 0 radical (unpaired) electrons. The van der Waals surface area contributed by atoms with Crippen molar-refractivity contribution < 1.29 is 28.3 Å². The van der Waals surface area contributed by atoms with E-state index in [4.69, 9.17) is 13.9 Å². The zero-order chi connectivity index (χ0) is 21.3. The third kappa shape index (κ3) is 3.52. The van der Waals surface area contributed by atoms with Crippen LogP contribution in [0.3, 0.4) is 0 Å². The van der Waals surface area contributed by atoms with Crippen LogP contribution in [0.25, 0.3) is 0 Å². The third-order valence-corrected chi connectivity index (χ3v) is 5.52. The maximum Gasteiger partial charge on any atom is 0.289 e. The molecule has 2 fully saturated rings. The molecule has 1 atom stereocenters. The first-order valence-electron chi connectivity index (χ1n) is 9.69. The van der Waals surface area contributed by atoms with Crippen LogP contribution in [0.4, 0.5) is 5.69 Å². The second-order valence-corrected chi connectivity index (χ2v) is 7.13. The molecule has 2 saturated heterocycles. The number of piperazine rings is 1. The van der Waals surface area contributed by atoms with Crippen LogP contribution < -0.4 is 14.4 Å². The van der Waals surface area contributed by atoms with E-state index in [9.17, 15) is 14.4 Å². The molecule has 0 saturated carbocycles. The number of rotatable bonds is 5. The molecule has 3 heterocycles. The lowest BCUT2D eigenvalue weighted by Crippen LogP contribution is -2.53. The zero-order valence-corrected chi connectivity index (χ0v) is 16.9. The fraction of sp³-hybridized carbons (Fsp3) is 0.381. The molecule has 9 nitrogen and oxygen atoms in total. The first-order chi connectivity index (χ1) is 14.5. The van der Waals surface area contributed by atoms with E-state index in [1.165, 1.54) is 25.4 Å². The van der Waals surface area contributed by atoms with Gasteiger partial charge in [-0.2, -0.15) is 0 Å². The number of methoxy groups -OCH3 is 2. The molecule has 9 heteroatoms. The van der Waals surface area contributed by atoms with E-state index in [0.717, 1.165) is 0 Å². The Morgan fingerprint density at radius 3 is 2.40 bits per heavy atom. The maximum atomic E-state index is 13.1. The molecule has 1 aromatic carbocycles. The lowest BCUT2D eigenvalue weighted by molar-refractivity contribution is -0.123. The van der Waals surface area contributed by atoms with Crippen LogP contribution in [0.5, 0.6) is 11.5 Å². The maximum absolute atomic E-state index is 13.1. The topological polar surface area (TPSA) is 92.5 Å². The number of ether oxygens (including phenoxy) is 2. The van der Waals surface area contributed by atoms with Crippen molar-refractivity contribution >= 4 is 23.4 Å². The number of carbonyl (C=O) groups is 3. The molecule has 30 heavy (non-hydrogen) atoms. The van der Waals surface area contributed by atoms with E-state index in [1.54, 1.807) is 35.2 Å². The molecule has 2 aliphatic heterocycles. The lowest BCUT2D eigenvalue weighted by Gasteiger charge is -2.36. The summed E-state index contributed by atoms with van der Waals surface area (Å²) in [5, 5.41) is 0. The van der Waals surface area contributed by atoms with Crippen LogP contribution in [0.1, 0.15) is 17.0 Å². The van der Waals surface area contributed by atoms with Gasteiger partial charge in [0.1, 0.15) is 0 Å². The Kier molecular flexibility index (Phi) is 5.45. The van der Waals surface area contributed by atoms with E-state index in [2.05, 4.69) is 0 Å². The summed E-state index contributed by atoms with van der Waals surface area (Å²) in [6.07, 6.45) is 1.58. The number of anilines is 1. The van der Waals surface area contributed by atoms with Gasteiger partial charge >= 0.3 is 0 Å². The van der Waals surface area contributed by atoms with Crippen molar-refractivity contribution in [1.82, 2.24) is 9.80 Å². The van der Waals surface area contributed by atoms with Gasteiger partial charge in [0.25, 0.3) is 11.8 Å². The Bertz CT molecular complexity index is 950. The predicted molar refractivity (Wildman–Crippen MR) is 107 cm³/mol. The van der Waals surface area contributed by atoms with Crippen LogP contribution in [0, 0.1) is 0 Å². The molecule has 0 aliphatic carbocycles. The monoisotopic (exact) mass is 413 g/mol. The number of benzene rings is 1. The zero-order valence-electron chi connectivity index (χ0n) is 16.9. The molecular formula is C21H23N3O6. The summed E-state index contributed by atoms with van der Waals surface area (Å²) in [5.41, 5.74) is 0.455. The van der Waals surface area contributed by atoms with Gasteiger partial charge in [0, 0.05) is 32.2 Å². The summed E-state index contributed by atoms with van der Waals surface area (Å²) < 4.78 is 15.7. The molecular weight excluding hydrogens is 390 g/mol. The van der Waals surface area contributed by atoms with Crippen molar-refractivity contribution in [3.63, 3.8) is 0 Å². The van der Waals surface area contributed by atoms with Gasteiger partial charge in [-0.25, -0.2) is 4.90 Å². The average Bonchev–Trinajstić information content (AvgIpc) is 3.41. The standard InChI is InChI=1S/C21H23N3O6/c1-28-16-6-5-14(12-18(16)29-2)24-19(25)13-15(20(24)26)22-7-9-23(10-8-22)21(27)17-4-3-11-30-17/h3-6,11-12,15H,7-10,13H2,1-2H3/t15-/m1/s1. The normalized spacial score (nSPS) is 20.0. The number of nitrogens with zero attached hydrogens (tertiary/aromatic N) is 3. The molecule has 4 rings (SSSR count). The number of hydrogen-bond acceptors (Lipinski definition) is 7. The number of furan rings is 1. The summed E-state index contributed by atoms with van der Waals surface area (Å²) in [6, 6.07) is 7.73. The summed E-state index contributed by atoms with van der Waals surface area (Å²) in [7, 11) is 3.03. The number of amides is 3. The van der Waals surface area contributed by atoms with E-state index in [-0.39, 0.29) is 24.1 Å². The Morgan fingerprint density at radius 1 is 1.03 bits per heavy atom. The highest BCUT2D eigenvalue weighted by Crippen LogP contribution is 2.34. The van der Waals surface area contributed by atoms with E-state index < -0.39 is 6.04 Å². The first kappa shape index (κ1) is 20.0. The first-order valence-corrected chi connectivity index (χ1v) is 9.69. The lowest BCUT2D eigenvalue weighted by atomic mass is 10.1. The van der Waals surface area contributed by atoms with Gasteiger partial charge in [0.15, 0.2) is 17.3 Å². The van der Waals surface area contributed by atoms with Crippen LogP contribution >= 0.6 is 0 Å². The smallest absolute Gasteiger partial charge is 0.289 e. The van der Waals surface area contributed by atoms with E-state index in [1.807, 2.05) is 4.90 Å². The molecule has 0 bridgehead atoms. The third-order valence-electron chi connectivity index (χ3n) is 5.52. The van der Waals surface area contributed by atoms with Crippen molar-refractivity contribution in [2.24, 2.45) is 0 Å². The second-order valence-electron chi connectivity index (χ2n) is 7.13. The second kappa shape index (κ2) is 8.19. The highest BCUT2D eigenvalue weighted by molar-refractivity contribution is 6.22. The molecule has 2 aromatic rings. The van der Waals surface area contributed by atoms with Gasteiger partial charge in [0.2, 0.25) is 5.91 Å². The van der Waals surface area contributed by atoms with E-state index >= 15 is 0 Å². The van der Waals surface area contributed by atoms with Crippen LogP contribution in [0.2, 0.25) is 0 Å². The van der Waals surface area contributed by atoms with Gasteiger partial charge in [-0.1, -0.05) is 0 Å². The van der Waals surface area contributed by atoms with Crippen molar-refractivity contribution in [2.75, 3.05) is 45.3 Å². The minimum absolute atomic E-state index is 0.110. The van der Waals surface area contributed by atoms with Gasteiger partial charge < -0.3 is 18.8 Å². The predicted octanol–water partition coefficient (Wildman–Crippen LogP) is 1.39. The van der Waals surface area contributed by atoms with Crippen LogP contribution in [-0.2, 0) is 9.59 Å². The number of hydrogen-bond donors (Lipinski definition) is 0. The fourth-order valence-corrected chi connectivity index (χ4v) is 3.93. The van der Waals surface area contributed by atoms with Gasteiger partial charge in [-0.05, 0) is 24.3 Å². The summed E-state index contributed by atoms with van der Waals surface area (Å²) in [4.78, 5) is 43.0. The summed E-state index contributed by atoms with van der Waals surface area (Å²) in [6.45, 7) is 1.95. The van der Waals surface area contributed by atoms with Gasteiger partial charge in [-0.3, -0.25) is 19.3 Å². The summed E-state index contributed by atoms with van der Waals surface area (Å²) >= 11 is 0. The minimum atomic E-state index is -0.536. The highest BCUT2D eigenvalue weighted by atomic mass is 16.5. The van der Waals surface area contributed by atoms with Gasteiger partial charge in [0.05, 0.1) is 38.6 Å². The van der Waals surface area contributed by atoms with Crippen molar-refractivity contribution in [3.05, 3.63) is 42.4 Å². The van der Waals surface area contributed by atoms with E-state index in [0.29, 0.717) is 49.1 Å². The van der Waals surface area contributed by atoms with Crippen LogP contribution in [-0.4, -0.2) is 74.0 Å². The highest BCUT2D eigenvalue weighted by Gasteiger charge is 2.44. The number of carbonyl (C=O) groups excluding carboxylic acids is 3. The molecule has 0 unspecified atom stereocenters. The molecule has 3 amide bonds. The molecule has 0 spiro atoms. The average molecular weight is 413 g/mol. The minimum Gasteiger partial charge on any atom is -0.493 e. The molecule has 1 aromatic heterocycles. The quantitative estimate of drug-likeness (QED) is 0.684. The summed E-state index contributed by atoms with van der Waals surface area (Å²) in [5.74, 6) is 0.582. The van der Waals surface area contributed by atoms with Crippen molar-refractivity contribution in [2.45, 2.75) is 12.5 Å². The Balaban J connectivity index is 1.44. The molecule has 0 N–H and O–H groups in total. The Morgan fingerprint density at radius 2 is 1.77 bits per heavy atom. The fourth-order valence-electron chi connectivity index (χ4n) is 3.93. The van der Waals surface area contributed by atoms with Crippen molar-refractivity contribution in [1.29, 1.82) is 0 Å². The van der Waals surface area contributed by atoms with Gasteiger partial charge in [-0.15, -0.1) is 0 Å². The molecule has 158 valence electrons. The molecule has 2 aliphatic rings. The largest absolute Gasteiger partial charge is 0.493 e. The number of imide groups is 1. The Labute approximate surface area is 173 Å². The van der Waals surface area contributed by atoms with Crippen molar-refractivity contribution in [3.8, 4) is 11.5 Å². The Hall–Kier alpha value is -3.33. The SMILES string of the molecule is COc1ccc(N2C(=O)C[C@@H](N3CCN(C(=O)c4ccco4)CC3)C2=O)cc1OC. The van der Waals surface area contributed by atoms with Crippen LogP contribution in [0.15, 0.2) is 41.0 Å².